The zero-order chi connectivity index (χ0) is 24.6. The number of likely N-dealkylation sites (tertiary alicyclic amines) is 1. The third kappa shape index (κ3) is 4.29. The Balaban J connectivity index is 1.41. The zero-order valence-corrected chi connectivity index (χ0v) is 21.3. The summed E-state index contributed by atoms with van der Waals surface area (Å²) in [5, 5.41) is 6.23. The summed E-state index contributed by atoms with van der Waals surface area (Å²) in [6.07, 6.45) is 12.3. The molecule has 1 aromatic rings. The van der Waals surface area contributed by atoms with E-state index in [9.17, 15) is 14.4 Å². The van der Waals surface area contributed by atoms with Crippen LogP contribution in [-0.2, 0) is 19.1 Å². The summed E-state index contributed by atoms with van der Waals surface area (Å²) in [5.74, 6) is -1.89. The van der Waals surface area contributed by atoms with Gasteiger partial charge in [0.15, 0.2) is 0 Å². The van der Waals surface area contributed by atoms with Crippen molar-refractivity contribution in [2.24, 2.45) is 11.8 Å². The van der Waals surface area contributed by atoms with Gasteiger partial charge in [-0.3, -0.25) is 14.4 Å². The number of ether oxygens (including phenoxy) is 1. The van der Waals surface area contributed by atoms with Crippen molar-refractivity contribution in [1.82, 2.24) is 10.2 Å². The molecule has 3 fully saturated rings. The maximum absolute atomic E-state index is 13.8. The van der Waals surface area contributed by atoms with E-state index in [4.69, 9.17) is 4.74 Å². The van der Waals surface area contributed by atoms with Crippen molar-refractivity contribution >= 4 is 35.2 Å². The number of nitrogens with one attached hydrogen (secondary N) is 2. The van der Waals surface area contributed by atoms with Gasteiger partial charge in [-0.25, -0.2) is 0 Å². The van der Waals surface area contributed by atoms with Crippen LogP contribution in [0, 0.1) is 11.8 Å². The molecule has 3 unspecified atom stereocenters. The molecule has 1 spiro atoms. The SMILES string of the molecule is CCCCN1C(=O)[C@H]2C(C(=O)Nc3cccc(SC)c3)[C@H]3C=CC2(O3)C1C(=O)NC1CCCCC1. The molecule has 2 bridgehead atoms. The van der Waals surface area contributed by atoms with Crippen LogP contribution in [0.25, 0.3) is 0 Å². The van der Waals surface area contributed by atoms with Crippen LogP contribution in [-0.4, -0.2) is 59.2 Å². The van der Waals surface area contributed by atoms with Crippen molar-refractivity contribution < 1.29 is 19.1 Å². The van der Waals surface area contributed by atoms with Crippen LogP contribution in [0.15, 0.2) is 41.3 Å². The largest absolute Gasteiger partial charge is 0.359 e. The molecule has 3 heterocycles. The first-order valence-corrected chi connectivity index (χ1v) is 14.1. The van der Waals surface area contributed by atoms with Gasteiger partial charge in [0.05, 0.1) is 17.9 Å². The molecule has 5 atom stereocenters. The molecule has 3 aliphatic heterocycles. The topological polar surface area (TPSA) is 87.7 Å². The van der Waals surface area contributed by atoms with Crippen LogP contribution >= 0.6 is 11.8 Å². The van der Waals surface area contributed by atoms with Gasteiger partial charge < -0.3 is 20.3 Å². The minimum atomic E-state index is -1.09. The van der Waals surface area contributed by atoms with Crippen LogP contribution < -0.4 is 10.6 Å². The molecule has 1 aromatic carbocycles. The normalized spacial score (nSPS) is 31.6. The Morgan fingerprint density at radius 1 is 1.20 bits per heavy atom. The van der Waals surface area contributed by atoms with Gasteiger partial charge in [-0.1, -0.05) is 50.8 Å². The van der Waals surface area contributed by atoms with Gasteiger partial charge in [-0.15, -0.1) is 11.8 Å². The molecule has 0 radical (unpaired) electrons. The van der Waals surface area contributed by atoms with Crippen molar-refractivity contribution in [3.05, 3.63) is 36.4 Å². The van der Waals surface area contributed by atoms with Crippen molar-refractivity contribution in [2.75, 3.05) is 18.1 Å². The number of amides is 3. The Morgan fingerprint density at radius 2 is 2.00 bits per heavy atom. The second-order valence-corrected chi connectivity index (χ2v) is 11.0. The van der Waals surface area contributed by atoms with E-state index in [1.165, 1.54) is 6.42 Å². The lowest BCUT2D eigenvalue weighted by atomic mass is 9.74. The first-order chi connectivity index (χ1) is 17.0. The van der Waals surface area contributed by atoms with Gasteiger partial charge in [-0.2, -0.15) is 0 Å². The summed E-state index contributed by atoms with van der Waals surface area (Å²) in [5.41, 5.74) is -0.389. The number of benzene rings is 1. The lowest BCUT2D eigenvalue weighted by molar-refractivity contribution is -0.141. The molecule has 188 valence electrons. The molecule has 2 saturated heterocycles. The smallest absolute Gasteiger partial charge is 0.246 e. The first-order valence-electron chi connectivity index (χ1n) is 12.9. The van der Waals surface area contributed by atoms with Gasteiger partial charge in [0.25, 0.3) is 0 Å². The van der Waals surface area contributed by atoms with Crippen molar-refractivity contribution in [3.8, 4) is 0 Å². The second kappa shape index (κ2) is 9.97. The standard InChI is InChI=1S/C27H35N3O4S/c1-3-4-15-30-23(25(32)28-17-9-6-5-7-10-17)27-14-13-20(34-27)21(22(27)26(30)33)24(31)29-18-11-8-12-19(16-18)35-2/h8,11-14,16-17,20-23H,3-7,9-10,15H2,1-2H3,(H,28,32)(H,29,31)/t20-,21?,22-,23?,27?/m1/s1. The molecule has 0 aromatic heterocycles. The number of anilines is 1. The Kier molecular flexibility index (Phi) is 6.95. The molecular weight excluding hydrogens is 462 g/mol. The lowest BCUT2D eigenvalue weighted by Gasteiger charge is -2.34. The fraction of sp³-hybridized carbons (Fsp3) is 0.593. The molecule has 8 heteroatoms. The minimum absolute atomic E-state index is 0.139. The van der Waals surface area contributed by atoms with Gasteiger partial charge in [0, 0.05) is 23.2 Å². The quantitative estimate of drug-likeness (QED) is 0.422. The average Bonchev–Trinajstić information content (AvgIpc) is 3.50. The Labute approximate surface area is 211 Å². The number of hydrogen-bond donors (Lipinski definition) is 2. The summed E-state index contributed by atoms with van der Waals surface area (Å²) < 4.78 is 6.40. The summed E-state index contributed by atoms with van der Waals surface area (Å²) in [4.78, 5) is 43.7. The average molecular weight is 498 g/mol. The lowest BCUT2D eigenvalue weighted by Crippen LogP contribution is -2.56. The number of rotatable bonds is 8. The van der Waals surface area contributed by atoms with Crippen LogP contribution in [0.5, 0.6) is 0 Å². The number of thioether (sulfide) groups is 1. The summed E-state index contributed by atoms with van der Waals surface area (Å²) >= 11 is 1.60. The van der Waals surface area contributed by atoms with Crippen molar-refractivity contribution in [3.63, 3.8) is 0 Å². The van der Waals surface area contributed by atoms with E-state index in [1.807, 2.05) is 42.7 Å². The highest BCUT2D eigenvalue weighted by molar-refractivity contribution is 7.98. The highest BCUT2D eigenvalue weighted by atomic mass is 32.2. The molecular formula is C27H35N3O4S. The Hall–Kier alpha value is -2.32. The van der Waals surface area contributed by atoms with Crippen LogP contribution in [0.3, 0.4) is 0 Å². The van der Waals surface area contributed by atoms with Gasteiger partial charge >= 0.3 is 0 Å². The Bertz CT molecular complexity index is 1020. The summed E-state index contributed by atoms with van der Waals surface area (Å²) in [7, 11) is 0. The van der Waals surface area contributed by atoms with Crippen LogP contribution in [0.4, 0.5) is 5.69 Å². The third-order valence-electron chi connectivity index (χ3n) is 7.97. The van der Waals surface area contributed by atoms with Crippen molar-refractivity contribution in [2.45, 2.75) is 80.6 Å². The fourth-order valence-electron chi connectivity index (χ4n) is 6.29. The number of unbranched alkanes of at least 4 members (excludes halogenated alkanes) is 1. The van der Waals surface area contributed by atoms with E-state index in [2.05, 4.69) is 17.6 Å². The van der Waals surface area contributed by atoms with E-state index in [0.29, 0.717) is 12.2 Å². The maximum atomic E-state index is 13.8. The highest BCUT2D eigenvalue weighted by Crippen LogP contribution is 2.55. The predicted octanol–water partition coefficient (Wildman–Crippen LogP) is 3.75. The summed E-state index contributed by atoms with van der Waals surface area (Å²) in [6.45, 7) is 2.56. The van der Waals surface area contributed by atoms with Gasteiger partial charge in [-0.05, 0) is 43.7 Å². The number of carbonyl (C=O) groups is 3. The molecule has 4 aliphatic rings. The van der Waals surface area contributed by atoms with Crippen LogP contribution in [0.2, 0.25) is 0 Å². The second-order valence-electron chi connectivity index (χ2n) is 10.2. The first kappa shape index (κ1) is 24.4. The zero-order valence-electron chi connectivity index (χ0n) is 20.5. The molecule has 5 rings (SSSR count). The molecule has 35 heavy (non-hydrogen) atoms. The van der Waals surface area contributed by atoms with Gasteiger partial charge in [0.1, 0.15) is 11.6 Å². The van der Waals surface area contributed by atoms with E-state index < -0.39 is 29.6 Å². The maximum Gasteiger partial charge on any atom is 0.246 e. The van der Waals surface area contributed by atoms with E-state index >= 15 is 0 Å². The van der Waals surface area contributed by atoms with E-state index in [0.717, 1.165) is 43.4 Å². The molecule has 2 N–H and O–H groups in total. The number of nitrogens with zero attached hydrogens (tertiary/aromatic N) is 1. The highest BCUT2D eigenvalue weighted by Gasteiger charge is 2.72. The number of carbonyl (C=O) groups excluding carboxylic acids is 3. The van der Waals surface area contributed by atoms with Crippen molar-refractivity contribution in [1.29, 1.82) is 0 Å². The molecule has 1 saturated carbocycles. The minimum Gasteiger partial charge on any atom is -0.359 e. The fourth-order valence-corrected chi connectivity index (χ4v) is 6.75. The predicted molar refractivity (Wildman–Crippen MR) is 136 cm³/mol. The van der Waals surface area contributed by atoms with Crippen LogP contribution in [0.1, 0.15) is 51.9 Å². The third-order valence-corrected chi connectivity index (χ3v) is 8.69. The van der Waals surface area contributed by atoms with E-state index in [1.54, 1.807) is 16.7 Å². The monoisotopic (exact) mass is 497 g/mol. The molecule has 1 aliphatic carbocycles. The van der Waals surface area contributed by atoms with Gasteiger partial charge in [0.2, 0.25) is 17.7 Å². The molecule has 3 amide bonds. The molecule has 7 nitrogen and oxygen atoms in total. The summed E-state index contributed by atoms with van der Waals surface area (Å²) in [6, 6.07) is 7.06. The Morgan fingerprint density at radius 3 is 2.74 bits per heavy atom. The number of fused-ring (bicyclic) bond motifs is 1. The number of hydrogen-bond acceptors (Lipinski definition) is 5. The van der Waals surface area contributed by atoms with E-state index in [-0.39, 0.29) is 23.8 Å².